The van der Waals surface area contributed by atoms with Crippen LogP contribution in [-0.2, 0) is 4.74 Å². The summed E-state index contributed by atoms with van der Waals surface area (Å²) in [6, 6.07) is 2.34. The number of unbranched alkanes of at least 4 members (excludes halogenated alkanes) is 1. The van der Waals surface area contributed by atoms with Crippen LogP contribution >= 0.6 is 0 Å². The Kier molecular flexibility index (Phi) is 6.67. The molecule has 104 valence electrons. The Bertz CT molecular complexity index is 270. The zero-order valence-corrected chi connectivity index (χ0v) is 12.0. The molecule has 0 bridgehead atoms. The number of nitrogens with zero attached hydrogens (tertiary/aromatic N) is 1. The first-order valence-corrected chi connectivity index (χ1v) is 7.28. The summed E-state index contributed by atoms with van der Waals surface area (Å²) in [5, 5.41) is 8.90. The molecule has 3 heteroatoms. The number of hydrogen-bond donors (Lipinski definition) is 1. The maximum Gasteiger partial charge on any atom is 0.0683 e. The van der Waals surface area contributed by atoms with E-state index in [2.05, 4.69) is 6.07 Å². The number of nitriles is 1. The van der Waals surface area contributed by atoms with Gasteiger partial charge in [-0.2, -0.15) is 5.26 Å². The van der Waals surface area contributed by atoms with E-state index >= 15 is 0 Å². The Labute approximate surface area is 112 Å². The topological polar surface area (TPSA) is 59.0 Å². The van der Waals surface area contributed by atoms with Gasteiger partial charge in [0.25, 0.3) is 0 Å². The van der Waals surface area contributed by atoms with Crippen LogP contribution in [0, 0.1) is 28.6 Å². The summed E-state index contributed by atoms with van der Waals surface area (Å²) in [4.78, 5) is 0. The van der Waals surface area contributed by atoms with Gasteiger partial charge in [0.05, 0.1) is 11.5 Å². The van der Waals surface area contributed by atoms with Crippen LogP contribution < -0.4 is 5.73 Å². The fourth-order valence-corrected chi connectivity index (χ4v) is 2.71. The van der Waals surface area contributed by atoms with Crippen LogP contribution in [0.4, 0.5) is 0 Å². The Morgan fingerprint density at radius 1 is 1.28 bits per heavy atom. The molecule has 0 aliphatic heterocycles. The maximum atomic E-state index is 8.90. The van der Waals surface area contributed by atoms with Crippen molar-refractivity contribution in [3.8, 4) is 6.07 Å². The average Bonchev–Trinajstić information content (AvgIpc) is 2.81. The summed E-state index contributed by atoms with van der Waals surface area (Å²) in [6.07, 6.45) is 6.97. The van der Waals surface area contributed by atoms with E-state index in [1.165, 1.54) is 19.3 Å². The second-order valence-corrected chi connectivity index (χ2v) is 6.21. The molecule has 0 amide bonds. The summed E-state index contributed by atoms with van der Waals surface area (Å²) < 4.78 is 5.76. The second kappa shape index (κ2) is 7.76. The van der Waals surface area contributed by atoms with Crippen LogP contribution in [0.25, 0.3) is 0 Å². The molecule has 0 aromatic carbocycles. The Hall–Kier alpha value is -0.590. The van der Waals surface area contributed by atoms with Crippen molar-refractivity contribution in [3.63, 3.8) is 0 Å². The molecule has 1 aliphatic rings. The lowest BCUT2D eigenvalue weighted by molar-refractivity contribution is 0.0832. The summed E-state index contributed by atoms with van der Waals surface area (Å²) >= 11 is 0. The Balaban J connectivity index is 2.01. The zero-order valence-electron chi connectivity index (χ0n) is 12.0. The van der Waals surface area contributed by atoms with Gasteiger partial charge in [-0.05, 0) is 64.3 Å². The van der Waals surface area contributed by atoms with Gasteiger partial charge in [-0.3, -0.25) is 0 Å². The molecule has 0 spiro atoms. The minimum atomic E-state index is -0.184. The SMILES string of the molecule is CC(C)(C#N)CCCCOCC1CCCC1CN. The van der Waals surface area contributed by atoms with Crippen molar-refractivity contribution >= 4 is 0 Å². The Morgan fingerprint density at radius 2 is 2.00 bits per heavy atom. The molecule has 18 heavy (non-hydrogen) atoms. The van der Waals surface area contributed by atoms with E-state index in [4.69, 9.17) is 15.7 Å². The van der Waals surface area contributed by atoms with Gasteiger partial charge in [0.2, 0.25) is 0 Å². The average molecular weight is 252 g/mol. The molecule has 0 saturated heterocycles. The third kappa shape index (κ3) is 5.37. The van der Waals surface area contributed by atoms with Crippen molar-refractivity contribution in [1.82, 2.24) is 0 Å². The van der Waals surface area contributed by atoms with Gasteiger partial charge in [0.15, 0.2) is 0 Å². The van der Waals surface area contributed by atoms with Gasteiger partial charge in [0.1, 0.15) is 0 Å². The van der Waals surface area contributed by atoms with Crippen LogP contribution in [0.5, 0.6) is 0 Å². The lowest BCUT2D eigenvalue weighted by Crippen LogP contribution is -2.22. The van der Waals surface area contributed by atoms with E-state index in [9.17, 15) is 0 Å². The van der Waals surface area contributed by atoms with E-state index in [1.807, 2.05) is 13.8 Å². The highest BCUT2D eigenvalue weighted by Crippen LogP contribution is 2.31. The van der Waals surface area contributed by atoms with Crippen molar-refractivity contribution < 1.29 is 4.74 Å². The third-order valence-corrected chi connectivity index (χ3v) is 4.09. The molecule has 0 heterocycles. The van der Waals surface area contributed by atoms with Crippen LogP contribution in [-0.4, -0.2) is 19.8 Å². The van der Waals surface area contributed by atoms with Crippen molar-refractivity contribution in [2.75, 3.05) is 19.8 Å². The van der Waals surface area contributed by atoms with Gasteiger partial charge < -0.3 is 10.5 Å². The van der Waals surface area contributed by atoms with Gasteiger partial charge in [0, 0.05) is 13.2 Å². The molecular formula is C15H28N2O. The molecule has 2 unspecified atom stereocenters. The normalized spacial score (nSPS) is 24.1. The first-order chi connectivity index (χ1) is 8.59. The summed E-state index contributed by atoms with van der Waals surface area (Å²) in [6.45, 7) is 6.51. The quantitative estimate of drug-likeness (QED) is 0.675. The fourth-order valence-electron chi connectivity index (χ4n) is 2.71. The highest BCUT2D eigenvalue weighted by Gasteiger charge is 2.25. The minimum absolute atomic E-state index is 0.184. The summed E-state index contributed by atoms with van der Waals surface area (Å²) in [5.41, 5.74) is 5.57. The largest absolute Gasteiger partial charge is 0.381 e. The number of ether oxygens (including phenoxy) is 1. The zero-order chi connectivity index (χ0) is 13.4. The summed E-state index contributed by atoms with van der Waals surface area (Å²) in [7, 11) is 0. The van der Waals surface area contributed by atoms with Crippen molar-refractivity contribution in [3.05, 3.63) is 0 Å². The number of nitrogens with two attached hydrogens (primary N) is 1. The third-order valence-electron chi connectivity index (χ3n) is 4.09. The second-order valence-electron chi connectivity index (χ2n) is 6.21. The van der Waals surface area contributed by atoms with E-state index in [0.717, 1.165) is 39.0 Å². The minimum Gasteiger partial charge on any atom is -0.381 e. The molecule has 0 aromatic rings. The predicted molar refractivity (Wildman–Crippen MR) is 73.9 cm³/mol. The van der Waals surface area contributed by atoms with Crippen molar-refractivity contribution in [2.45, 2.75) is 52.4 Å². The Morgan fingerprint density at radius 3 is 2.67 bits per heavy atom. The highest BCUT2D eigenvalue weighted by atomic mass is 16.5. The molecule has 3 nitrogen and oxygen atoms in total. The van der Waals surface area contributed by atoms with Gasteiger partial charge in [-0.25, -0.2) is 0 Å². The summed E-state index contributed by atoms with van der Waals surface area (Å²) in [5.74, 6) is 1.37. The van der Waals surface area contributed by atoms with Gasteiger partial charge >= 0.3 is 0 Å². The smallest absolute Gasteiger partial charge is 0.0683 e. The molecular weight excluding hydrogens is 224 g/mol. The van der Waals surface area contributed by atoms with Crippen LogP contribution in [0.3, 0.4) is 0 Å². The molecule has 2 N–H and O–H groups in total. The molecule has 0 radical (unpaired) electrons. The maximum absolute atomic E-state index is 8.90. The van der Waals surface area contributed by atoms with Gasteiger partial charge in [-0.15, -0.1) is 0 Å². The first kappa shape index (κ1) is 15.5. The lowest BCUT2D eigenvalue weighted by atomic mass is 9.89. The molecule has 1 saturated carbocycles. The van der Waals surface area contributed by atoms with E-state index in [-0.39, 0.29) is 5.41 Å². The van der Waals surface area contributed by atoms with Crippen LogP contribution in [0.1, 0.15) is 52.4 Å². The standard InChI is InChI=1S/C15H28N2O/c1-15(2,12-17)8-3-4-9-18-11-14-7-5-6-13(14)10-16/h13-14H,3-11,16H2,1-2H3. The molecule has 1 fully saturated rings. The highest BCUT2D eigenvalue weighted by molar-refractivity contribution is 4.91. The predicted octanol–water partition coefficient (Wildman–Crippen LogP) is 3.10. The first-order valence-electron chi connectivity index (χ1n) is 7.28. The number of hydrogen-bond acceptors (Lipinski definition) is 3. The van der Waals surface area contributed by atoms with Crippen LogP contribution in [0.2, 0.25) is 0 Å². The molecule has 2 atom stereocenters. The van der Waals surface area contributed by atoms with E-state index in [0.29, 0.717) is 11.8 Å². The lowest BCUT2D eigenvalue weighted by Gasteiger charge is -2.18. The number of rotatable bonds is 8. The van der Waals surface area contributed by atoms with E-state index in [1.54, 1.807) is 0 Å². The van der Waals surface area contributed by atoms with E-state index < -0.39 is 0 Å². The molecule has 1 rings (SSSR count). The molecule has 1 aliphatic carbocycles. The fraction of sp³-hybridized carbons (Fsp3) is 0.933. The van der Waals surface area contributed by atoms with Gasteiger partial charge in [-0.1, -0.05) is 6.42 Å². The van der Waals surface area contributed by atoms with Crippen LogP contribution in [0.15, 0.2) is 0 Å². The van der Waals surface area contributed by atoms with Crippen molar-refractivity contribution in [2.24, 2.45) is 23.0 Å². The van der Waals surface area contributed by atoms with Crippen molar-refractivity contribution in [1.29, 1.82) is 5.26 Å². The monoisotopic (exact) mass is 252 g/mol. The molecule has 0 aromatic heterocycles.